The average molecular weight is 286 g/mol. The van der Waals surface area contributed by atoms with Gasteiger partial charge < -0.3 is 10.6 Å². The van der Waals surface area contributed by atoms with Crippen molar-refractivity contribution in [3.63, 3.8) is 0 Å². The molecule has 1 aliphatic carbocycles. The van der Waals surface area contributed by atoms with Crippen LogP contribution in [0.25, 0.3) is 0 Å². The molecule has 2 N–H and O–H groups in total. The van der Waals surface area contributed by atoms with Crippen molar-refractivity contribution in [3.8, 4) is 0 Å². The van der Waals surface area contributed by atoms with E-state index in [1.807, 2.05) is 19.0 Å². The molecule has 1 aromatic carbocycles. The van der Waals surface area contributed by atoms with Crippen LogP contribution in [0.5, 0.6) is 0 Å². The molecular weight excluding hydrogens is 265 g/mol. The zero-order valence-electron chi connectivity index (χ0n) is 11.9. The van der Waals surface area contributed by atoms with E-state index >= 15 is 0 Å². The molecule has 112 valence electrons. The molecule has 0 unspecified atom stereocenters. The number of nitrogens with zero attached hydrogens (tertiary/aromatic N) is 1. The fourth-order valence-electron chi connectivity index (χ4n) is 3.00. The van der Waals surface area contributed by atoms with Crippen molar-refractivity contribution in [2.45, 2.75) is 37.0 Å². The first-order valence-corrected chi connectivity index (χ1v) is 6.85. The summed E-state index contributed by atoms with van der Waals surface area (Å²) >= 11 is 0. The van der Waals surface area contributed by atoms with E-state index in [-0.39, 0.29) is 25.2 Å². The molecule has 1 fully saturated rings. The van der Waals surface area contributed by atoms with Crippen LogP contribution in [-0.2, 0) is 5.41 Å². The minimum absolute atomic E-state index is 0.187. The van der Waals surface area contributed by atoms with E-state index in [1.54, 1.807) is 6.07 Å². The van der Waals surface area contributed by atoms with Crippen LogP contribution in [0.1, 0.15) is 31.2 Å². The van der Waals surface area contributed by atoms with Crippen molar-refractivity contribution in [1.29, 1.82) is 0 Å². The highest BCUT2D eigenvalue weighted by atomic mass is 19.3. The van der Waals surface area contributed by atoms with Gasteiger partial charge in [0.15, 0.2) is 0 Å². The van der Waals surface area contributed by atoms with Crippen LogP contribution in [0, 0.1) is 5.82 Å². The van der Waals surface area contributed by atoms with Crippen LogP contribution < -0.4 is 10.6 Å². The highest BCUT2D eigenvalue weighted by Gasteiger charge is 2.44. The van der Waals surface area contributed by atoms with Crippen molar-refractivity contribution >= 4 is 5.69 Å². The first-order valence-electron chi connectivity index (χ1n) is 6.85. The third-order valence-electron chi connectivity index (χ3n) is 4.34. The van der Waals surface area contributed by atoms with Gasteiger partial charge in [0.1, 0.15) is 5.82 Å². The fraction of sp³-hybridized carbons (Fsp3) is 0.600. The molecule has 0 heterocycles. The second-order valence-corrected chi connectivity index (χ2v) is 5.90. The Balaban J connectivity index is 2.44. The molecule has 5 heteroatoms. The highest BCUT2D eigenvalue weighted by molar-refractivity contribution is 5.56. The molecule has 0 aromatic heterocycles. The zero-order chi connectivity index (χ0) is 15.0. The first kappa shape index (κ1) is 15.2. The minimum atomic E-state index is -2.62. The van der Waals surface area contributed by atoms with Crippen LogP contribution in [0.2, 0.25) is 0 Å². The summed E-state index contributed by atoms with van der Waals surface area (Å²) in [6.45, 7) is 0.257. The van der Waals surface area contributed by atoms with Gasteiger partial charge in [-0.25, -0.2) is 13.2 Å². The smallest absolute Gasteiger partial charge is 0.248 e. The van der Waals surface area contributed by atoms with E-state index in [0.29, 0.717) is 12.8 Å². The Labute approximate surface area is 117 Å². The van der Waals surface area contributed by atoms with Gasteiger partial charge in [0.05, 0.1) is 0 Å². The SMILES string of the molecule is CN(C)c1ccc(F)cc1C1(CN)CCC(F)(F)CC1. The van der Waals surface area contributed by atoms with Gasteiger partial charge in [0.2, 0.25) is 5.92 Å². The van der Waals surface area contributed by atoms with Gasteiger partial charge in [0.25, 0.3) is 0 Å². The fourth-order valence-corrected chi connectivity index (χ4v) is 3.00. The molecule has 0 atom stereocenters. The summed E-state index contributed by atoms with van der Waals surface area (Å²) in [7, 11) is 3.72. The van der Waals surface area contributed by atoms with Gasteiger partial charge >= 0.3 is 0 Å². The monoisotopic (exact) mass is 286 g/mol. The van der Waals surface area contributed by atoms with Crippen molar-refractivity contribution in [2.24, 2.45) is 5.73 Å². The molecule has 1 saturated carbocycles. The molecule has 0 aliphatic heterocycles. The lowest BCUT2D eigenvalue weighted by molar-refractivity contribution is -0.0508. The van der Waals surface area contributed by atoms with Gasteiger partial charge in [-0.05, 0) is 36.6 Å². The Kier molecular flexibility index (Phi) is 4.00. The van der Waals surface area contributed by atoms with Gasteiger partial charge in [-0.1, -0.05) is 0 Å². The van der Waals surface area contributed by atoms with E-state index in [0.717, 1.165) is 11.3 Å². The van der Waals surface area contributed by atoms with E-state index < -0.39 is 11.3 Å². The Morgan fingerprint density at radius 2 is 1.75 bits per heavy atom. The summed E-state index contributed by atoms with van der Waals surface area (Å²) in [5.74, 6) is -2.97. The number of hydrogen-bond donors (Lipinski definition) is 1. The molecule has 0 spiro atoms. The molecule has 0 amide bonds. The summed E-state index contributed by atoms with van der Waals surface area (Å²) < 4.78 is 40.4. The van der Waals surface area contributed by atoms with E-state index in [2.05, 4.69) is 0 Å². The van der Waals surface area contributed by atoms with Crippen molar-refractivity contribution in [1.82, 2.24) is 0 Å². The summed E-state index contributed by atoms with van der Waals surface area (Å²) in [4.78, 5) is 1.87. The standard InChI is InChI=1S/C15H21F3N2/c1-20(2)13-4-3-11(16)9-12(13)14(10-19)5-7-15(17,18)8-6-14/h3-4,9H,5-8,10,19H2,1-2H3. The maximum atomic E-state index is 13.6. The lowest BCUT2D eigenvalue weighted by Crippen LogP contribution is -2.43. The Hall–Kier alpha value is -1.23. The molecule has 1 aliphatic rings. The Morgan fingerprint density at radius 3 is 2.25 bits per heavy atom. The first-order chi connectivity index (χ1) is 9.30. The lowest BCUT2D eigenvalue weighted by Gasteiger charge is -2.41. The molecule has 0 saturated heterocycles. The second kappa shape index (κ2) is 5.28. The maximum Gasteiger partial charge on any atom is 0.248 e. The van der Waals surface area contributed by atoms with E-state index in [9.17, 15) is 13.2 Å². The lowest BCUT2D eigenvalue weighted by atomic mass is 9.68. The average Bonchev–Trinajstić information content (AvgIpc) is 2.39. The number of hydrogen-bond acceptors (Lipinski definition) is 2. The van der Waals surface area contributed by atoms with Gasteiger partial charge in [-0.15, -0.1) is 0 Å². The predicted molar refractivity (Wildman–Crippen MR) is 74.9 cm³/mol. The summed E-state index contributed by atoms with van der Waals surface area (Å²) in [6, 6.07) is 4.53. The van der Waals surface area contributed by atoms with E-state index in [4.69, 9.17) is 5.73 Å². The normalized spacial score (nSPS) is 20.7. The third-order valence-corrected chi connectivity index (χ3v) is 4.34. The van der Waals surface area contributed by atoms with Crippen LogP contribution >= 0.6 is 0 Å². The number of alkyl halides is 2. The van der Waals surface area contributed by atoms with Crippen LogP contribution in [0.4, 0.5) is 18.9 Å². The maximum absolute atomic E-state index is 13.6. The number of benzene rings is 1. The molecule has 1 aromatic rings. The van der Waals surface area contributed by atoms with Gasteiger partial charge in [-0.2, -0.15) is 0 Å². The predicted octanol–water partition coefficient (Wildman–Crippen LogP) is 3.30. The van der Waals surface area contributed by atoms with E-state index in [1.165, 1.54) is 12.1 Å². The van der Waals surface area contributed by atoms with Crippen molar-refractivity contribution in [2.75, 3.05) is 25.5 Å². The topological polar surface area (TPSA) is 29.3 Å². The molecule has 20 heavy (non-hydrogen) atoms. The van der Waals surface area contributed by atoms with Crippen molar-refractivity contribution < 1.29 is 13.2 Å². The largest absolute Gasteiger partial charge is 0.377 e. The number of nitrogens with two attached hydrogens (primary N) is 1. The number of halogens is 3. The Morgan fingerprint density at radius 1 is 1.15 bits per heavy atom. The van der Waals surface area contributed by atoms with Gasteiger partial charge in [-0.3, -0.25) is 0 Å². The number of rotatable bonds is 3. The third kappa shape index (κ3) is 2.77. The summed E-state index contributed by atoms with van der Waals surface area (Å²) in [5.41, 5.74) is 6.94. The zero-order valence-corrected chi connectivity index (χ0v) is 11.9. The summed E-state index contributed by atoms with van der Waals surface area (Å²) in [5, 5.41) is 0. The molecule has 0 radical (unpaired) electrons. The van der Waals surface area contributed by atoms with Crippen molar-refractivity contribution in [3.05, 3.63) is 29.6 Å². The molecular formula is C15H21F3N2. The van der Waals surface area contributed by atoms with Crippen LogP contribution in [0.3, 0.4) is 0 Å². The summed E-state index contributed by atoms with van der Waals surface area (Å²) in [6.07, 6.45) is 0.211. The Bertz CT molecular complexity index is 476. The second-order valence-electron chi connectivity index (χ2n) is 5.90. The van der Waals surface area contributed by atoms with Crippen LogP contribution in [0.15, 0.2) is 18.2 Å². The quantitative estimate of drug-likeness (QED) is 0.924. The molecule has 0 bridgehead atoms. The number of anilines is 1. The minimum Gasteiger partial charge on any atom is -0.377 e. The van der Waals surface area contributed by atoms with Crippen LogP contribution in [-0.4, -0.2) is 26.6 Å². The molecule has 2 rings (SSSR count). The van der Waals surface area contributed by atoms with Gasteiger partial charge in [0, 0.05) is 44.6 Å². The molecule has 2 nitrogen and oxygen atoms in total. The highest BCUT2D eigenvalue weighted by Crippen LogP contribution is 2.47.